The third-order valence-corrected chi connectivity index (χ3v) is 2.56. The van der Waals surface area contributed by atoms with E-state index in [4.69, 9.17) is 16.3 Å². The van der Waals surface area contributed by atoms with Crippen molar-refractivity contribution in [2.24, 2.45) is 0 Å². The van der Waals surface area contributed by atoms with Gasteiger partial charge in [-0.2, -0.15) is 5.10 Å². The van der Waals surface area contributed by atoms with Gasteiger partial charge in [0.05, 0.1) is 12.3 Å². The summed E-state index contributed by atoms with van der Waals surface area (Å²) in [4.78, 5) is 0. The van der Waals surface area contributed by atoms with Gasteiger partial charge in [-0.05, 0) is 12.1 Å². The molecule has 0 bridgehead atoms. The summed E-state index contributed by atoms with van der Waals surface area (Å²) in [5.41, 5.74) is 1.96. The lowest BCUT2D eigenvalue weighted by Gasteiger charge is -1.99. The van der Waals surface area contributed by atoms with Crippen LogP contribution in [0.25, 0.3) is 11.3 Å². The van der Waals surface area contributed by atoms with Crippen molar-refractivity contribution in [3.63, 3.8) is 0 Å². The molecule has 4 nitrogen and oxygen atoms in total. The van der Waals surface area contributed by atoms with E-state index < -0.39 is 0 Å². The van der Waals surface area contributed by atoms with E-state index >= 15 is 0 Å². The minimum atomic E-state index is 0.652. The van der Waals surface area contributed by atoms with Crippen molar-refractivity contribution < 1.29 is 4.74 Å². The summed E-state index contributed by atoms with van der Waals surface area (Å²) in [7, 11) is 1.67. The maximum atomic E-state index is 5.94. The quantitative estimate of drug-likeness (QED) is 0.804. The fraction of sp³-hybridized carbons (Fsp3) is 0.250. The molecule has 0 unspecified atom stereocenters. The van der Waals surface area contributed by atoms with Gasteiger partial charge < -0.3 is 10.1 Å². The van der Waals surface area contributed by atoms with E-state index in [9.17, 15) is 0 Å². The average molecular weight is 252 g/mol. The largest absolute Gasteiger partial charge is 0.383 e. The summed E-state index contributed by atoms with van der Waals surface area (Å²) in [6, 6.07) is 9.59. The van der Waals surface area contributed by atoms with Crippen molar-refractivity contribution in [2.45, 2.75) is 0 Å². The molecule has 5 heteroatoms. The van der Waals surface area contributed by atoms with Crippen LogP contribution in [0.15, 0.2) is 30.3 Å². The van der Waals surface area contributed by atoms with E-state index in [1.807, 2.05) is 30.3 Å². The number of anilines is 1. The molecule has 0 atom stereocenters. The second-order valence-electron chi connectivity index (χ2n) is 3.60. The Morgan fingerprint density at radius 1 is 1.41 bits per heavy atom. The lowest BCUT2D eigenvalue weighted by atomic mass is 10.1. The number of halogens is 1. The summed E-state index contributed by atoms with van der Waals surface area (Å²) in [6.45, 7) is 1.38. The molecule has 90 valence electrons. The van der Waals surface area contributed by atoms with Crippen LogP contribution in [0.1, 0.15) is 0 Å². The molecule has 1 aromatic carbocycles. The van der Waals surface area contributed by atoms with E-state index in [2.05, 4.69) is 15.5 Å². The minimum Gasteiger partial charge on any atom is -0.383 e. The van der Waals surface area contributed by atoms with Crippen LogP contribution in [-0.2, 0) is 4.74 Å². The molecule has 0 radical (unpaired) electrons. The molecule has 2 N–H and O–H groups in total. The highest BCUT2D eigenvalue weighted by molar-refractivity contribution is 6.30. The Labute approximate surface area is 105 Å². The normalized spacial score (nSPS) is 10.5. The zero-order chi connectivity index (χ0) is 12.1. The number of nitrogens with one attached hydrogen (secondary N) is 2. The molecule has 1 aromatic heterocycles. The van der Waals surface area contributed by atoms with Crippen molar-refractivity contribution in [3.05, 3.63) is 35.4 Å². The van der Waals surface area contributed by atoms with Gasteiger partial charge in [0.1, 0.15) is 5.82 Å². The second kappa shape index (κ2) is 5.70. The summed E-state index contributed by atoms with van der Waals surface area (Å²) >= 11 is 5.94. The summed E-state index contributed by atoms with van der Waals surface area (Å²) in [5, 5.41) is 11.0. The van der Waals surface area contributed by atoms with Crippen LogP contribution in [0.4, 0.5) is 5.82 Å². The third-order valence-electron chi connectivity index (χ3n) is 2.33. The number of rotatable bonds is 5. The lowest BCUT2D eigenvalue weighted by Crippen LogP contribution is -2.07. The molecule has 0 fully saturated rings. The van der Waals surface area contributed by atoms with Crippen molar-refractivity contribution in [1.29, 1.82) is 0 Å². The summed E-state index contributed by atoms with van der Waals surface area (Å²) < 4.78 is 4.95. The first kappa shape index (κ1) is 12.0. The molecular formula is C12H14ClN3O. The van der Waals surface area contributed by atoms with Crippen molar-refractivity contribution in [1.82, 2.24) is 10.2 Å². The number of H-pyrrole nitrogens is 1. The first-order valence-electron chi connectivity index (χ1n) is 5.34. The first-order valence-corrected chi connectivity index (χ1v) is 5.71. The topological polar surface area (TPSA) is 49.9 Å². The van der Waals surface area contributed by atoms with E-state index in [0.717, 1.165) is 23.6 Å². The molecule has 2 rings (SSSR count). The van der Waals surface area contributed by atoms with Crippen LogP contribution in [0, 0.1) is 0 Å². The highest BCUT2D eigenvalue weighted by Gasteiger charge is 2.03. The van der Waals surface area contributed by atoms with Crippen molar-refractivity contribution in [3.8, 4) is 11.3 Å². The smallest absolute Gasteiger partial charge is 0.148 e. The molecule has 0 aliphatic heterocycles. The zero-order valence-corrected chi connectivity index (χ0v) is 10.3. The van der Waals surface area contributed by atoms with Gasteiger partial charge in [-0.1, -0.05) is 23.7 Å². The van der Waals surface area contributed by atoms with Crippen LogP contribution in [0.5, 0.6) is 0 Å². The Hall–Kier alpha value is -1.52. The molecule has 0 saturated heterocycles. The Bertz CT molecular complexity index is 484. The average Bonchev–Trinajstić information content (AvgIpc) is 2.78. The lowest BCUT2D eigenvalue weighted by molar-refractivity contribution is 0.210. The van der Waals surface area contributed by atoms with Crippen LogP contribution < -0.4 is 5.32 Å². The summed E-state index contributed by atoms with van der Waals surface area (Å²) in [6.07, 6.45) is 0. The fourth-order valence-corrected chi connectivity index (χ4v) is 1.69. The van der Waals surface area contributed by atoms with Crippen molar-refractivity contribution in [2.75, 3.05) is 25.6 Å². The molecule has 0 saturated carbocycles. The fourth-order valence-electron chi connectivity index (χ4n) is 1.50. The first-order chi connectivity index (χ1) is 8.29. The Balaban J connectivity index is 2.07. The molecular weight excluding hydrogens is 238 g/mol. The molecule has 0 spiro atoms. The SMILES string of the molecule is COCCNc1cc(-c2cccc(Cl)c2)[nH]n1. The van der Waals surface area contributed by atoms with Gasteiger partial charge >= 0.3 is 0 Å². The Kier molecular flexibility index (Phi) is 4.01. The maximum absolute atomic E-state index is 5.94. The van der Waals surface area contributed by atoms with Crippen molar-refractivity contribution >= 4 is 17.4 Å². The Morgan fingerprint density at radius 3 is 3.06 bits per heavy atom. The highest BCUT2D eigenvalue weighted by atomic mass is 35.5. The Morgan fingerprint density at radius 2 is 2.29 bits per heavy atom. The standard InChI is InChI=1S/C12H14ClN3O/c1-17-6-5-14-12-8-11(15-16-12)9-3-2-4-10(13)7-9/h2-4,7-8H,5-6H2,1H3,(H2,14,15,16). The summed E-state index contributed by atoms with van der Waals surface area (Å²) in [5.74, 6) is 0.803. The molecule has 0 aliphatic rings. The number of benzene rings is 1. The van der Waals surface area contributed by atoms with Crippen LogP contribution in [0.2, 0.25) is 5.02 Å². The van der Waals surface area contributed by atoms with Gasteiger partial charge in [-0.25, -0.2) is 0 Å². The van der Waals surface area contributed by atoms with Gasteiger partial charge in [0.25, 0.3) is 0 Å². The molecule has 2 aromatic rings. The predicted molar refractivity (Wildman–Crippen MR) is 69.4 cm³/mol. The van der Waals surface area contributed by atoms with Crippen LogP contribution in [-0.4, -0.2) is 30.5 Å². The minimum absolute atomic E-state index is 0.652. The molecule has 1 heterocycles. The number of hydrogen-bond donors (Lipinski definition) is 2. The van der Waals surface area contributed by atoms with E-state index in [1.54, 1.807) is 7.11 Å². The maximum Gasteiger partial charge on any atom is 0.148 e. The van der Waals surface area contributed by atoms with Gasteiger partial charge in [0, 0.05) is 30.3 Å². The number of methoxy groups -OCH3 is 1. The number of aromatic amines is 1. The molecule has 17 heavy (non-hydrogen) atoms. The number of ether oxygens (including phenoxy) is 1. The zero-order valence-electron chi connectivity index (χ0n) is 9.53. The predicted octanol–water partition coefficient (Wildman–Crippen LogP) is 2.79. The monoisotopic (exact) mass is 251 g/mol. The van der Waals surface area contributed by atoms with E-state index in [1.165, 1.54) is 0 Å². The second-order valence-corrected chi connectivity index (χ2v) is 4.03. The molecule has 0 amide bonds. The van der Waals surface area contributed by atoms with E-state index in [0.29, 0.717) is 11.6 Å². The van der Waals surface area contributed by atoms with Crippen LogP contribution >= 0.6 is 11.6 Å². The molecule has 0 aliphatic carbocycles. The number of nitrogens with zero attached hydrogens (tertiary/aromatic N) is 1. The highest BCUT2D eigenvalue weighted by Crippen LogP contribution is 2.22. The van der Waals surface area contributed by atoms with Crippen LogP contribution in [0.3, 0.4) is 0 Å². The number of aromatic nitrogens is 2. The van der Waals surface area contributed by atoms with E-state index in [-0.39, 0.29) is 0 Å². The van der Waals surface area contributed by atoms with Gasteiger partial charge in [-0.15, -0.1) is 0 Å². The van der Waals surface area contributed by atoms with Gasteiger partial charge in [0.15, 0.2) is 0 Å². The third kappa shape index (κ3) is 3.22. The van der Waals surface area contributed by atoms with Gasteiger partial charge in [0.2, 0.25) is 0 Å². The van der Waals surface area contributed by atoms with Gasteiger partial charge in [-0.3, -0.25) is 5.10 Å². The number of hydrogen-bond acceptors (Lipinski definition) is 3.